The van der Waals surface area contributed by atoms with Gasteiger partial charge in [0.25, 0.3) is 5.91 Å². The quantitative estimate of drug-likeness (QED) is 0.508. The summed E-state index contributed by atoms with van der Waals surface area (Å²) in [7, 11) is 0. The van der Waals surface area contributed by atoms with E-state index in [0.29, 0.717) is 23.5 Å². The second-order valence-electron chi connectivity index (χ2n) is 8.34. The Kier molecular flexibility index (Phi) is 7.45. The van der Waals surface area contributed by atoms with E-state index in [1.54, 1.807) is 75.6 Å². The minimum absolute atomic E-state index is 0.118. The summed E-state index contributed by atoms with van der Waals surface area (Å²) in [5.74, 6) is -0.452. The Morgan fingerprint density at radius 3 is 2.39 bits per heavy atom. The second-order valence-corrected chi connectivity index (χ2v) is 8.34. The van der Waals surface area contributed by atoms with Crippen LogP contribution in [0.2, 0.25) is 0 Å². The number of aromatic nitrogens is 2. The lowest BCUT2D eigenvalue weighted by Gasteiger charge is -2.19. The average molecular weight is 450 g/mol. The number of benzene rings is 2. The van der Waals surface area contributed by atoms with Crippen molar-refractivity contribution in [2.75, 3.05) is 10.6 Å². The van der Waals surface area contributed by atoms with Gasteiger partial charge in [-0.3, -0.25) is 19.6 Å². The van der Waals surface area contributed by atoms with Gasteiger partial charge in [-0.15, -0.1) is 0 Å². The van der Waals surface area contributed by atoms with Crippen LogP contribution in [0, 0.1) is 0 Å². The summed E-state index contributed by atoms with van der Waals surface area (Å²) in [5, 5.41) is 12.3. The molecule has 2 aromatic carbocycles. The SMILES string of the molecule is CC(C)(C)OC(=O)Nc1ccc(C(=O)NCc2cccc(NC(=O)Cn3cccn3)c2)cc1. The molecule has 0 aliphatic heterocycles. The molecule has 0 saturated heterocycles. The Hall–Kier alpha value is -4.14. The van der Waals surface area contributed by atoms with E-state index in [-0.39, 0.29) is 18.4 Å². The standard InChI is InChI=1S/C24H27N5O4/c1-24(2,3)33-23(32)28-19-10-8-18(9-11-19)22(31)25-15-17-6-4-7-20(14-17)27-21(30)16-29-13-5-12-26-29/h4-14H,15-16H2,1-3H3,(H,25,31)(H,27,30)(H,28,32). The van der Waals surface area contributed by atoms with E-state index >= 15 is 0 Å². The molecule has 0 radical (unpaired) electrons. The highest BCUT2D eigenvalue weighted by molar-refractivity contribution is 5.95. The van der Waals surface area contributed by atoms with Gasteiger partial charge in [0.15, 0.2) is 0 Å². The van der Waals surface area contributed by atoms with Crippen molar-refractivity contribution in [3.63, 3.8) is 0 Å². The molecular weight excluding hydrogens is 422 g/mol. The maximum absolute atomic E-state index is 12.5. The number of rotatable bonds is 7. The lowest BCUT2D eigenvalue weighted by molar-refractivity contribution is -0.116. The van der Waals surface area contributed by atoms with Crippen molar-refractivity contribution < 1.29 is 19.1 Å². The fraction of sp³-hybridized carbons (Fsp3) is 0.250. The highest BCUT2D eigenvalue weighted by Gasteiger charge is 2.16. The number of hydrogen-bond donors (Lipinski definition) is 3. The van der Waals surface area contributed by atoms with Gasteiger partial charge >= 0.3 is 6.09 Å². The summed E-state index contributed by atoms with van der Waals surface area (Å²) in [6.45, 7) is 5.76. The first kappa shape index (κ1) is 23.5. The molecule has 0 atom stereocenters. The molecule has 0 aliphatic rings. The lowest BCUT2D eigenvalue weighted by Crippen LogP contribution is -2.27. The highest BCUT2D eigenvalue weighted by atomic mass is 16.6. The van der Waals surface area contributed by atoms with Crippen LogP contribution in [-0.2, 0) is 22.6 Å². The van der Waals surface area contributed by atoms with Gasteiger partial charge in [-0.2, -0.15) is 5.10 Å². The zero-order chi connectivity index (χ0) is 23.8. The third-order valence-corrected chi connectivity index (χ3v) is 4.32. The molecule has 9 nitrogen and oxygen atoms in total. The molecule has 3 aromatic rings. The number of amides is 3. The van der Waals surface area contributed by atoms with Crippen LogP contribution in [0.1, 0.15) is 36.7 Å². The van der Waals surface area contributed by atoms with Gasteiger partial charge in [-0.05, 0) is 68.8 Å². The zero-order valence-corrected chi connectivity index (χ0v) is 18.8. The van der Waals surface area contributed by atoms with Crippen LogP contribution < -0.4 is 16.0 Å². The Bertz CT molecular complexity index is 1100. The summed E-state index contributed by atoms with van der Waals surface area (Å²) < 4.78 is 6.74. The third kappa shape index (κ3) is 7.80. The Balaban J connectivity index is 1.50. The van der Waals surface area contributed by atoms with Gasteiger partial charge in [-0.25, -0.2) is 4.79 Å². The Labute approximate surface area is 192 Å². The van der Waals surface area contributed by atoms with Crippen LogP contribution in [0.15, 0.2) is 67.0 Å². The number of hydrogen-bond acceptors (Lipinski definition) is 5. The van der Waals surface area contributed by atoms with Crippen molar-refractivity contribution >= 4 is 29.3 Å². The van der Waals surface area contributed by atoms with Crippen molar-refractivity contribution in [2.24, 2.45) is 0 Å². The van der Waals surface area contributed by atoms with E-state index in [9.17, 15) is 14.4 Å². The molecule has 33 heavy (non-hydrogen) atoms. The molecule has 0 unspecified atom stereocenters. The molecule has 0 aliphatic carbocycles. The monoisotopic (exact) mass is 449 g/mol. The number of carbonyl (C=O) groups excluding carboxylic acids is 3. The van der Waals surface area contributed by atoms with Crippen molar-refractivity contribution in [3.8, 4) is 0 Å². The third-order valence-electron chi connectivity index (χ3n) is 4.32. The van der Waals surface area contributed by atoms with Crippen LogP contribution in [0.5, 0.6) is 0 Å². The van der Waals surface area contributed by atoms with E-state index in [2.05, 4.69) is 21.0 Å². The van der Waals surface area contributed by atoms with Gasteiger partial charge in [0, 0.05) is 35.9 Å². The smallest absolute Gasteiger partial charge is 0.412 e. The molecule has 0 spiro atoms. The molecule has 1 heterocycles. The van der Waals surface area contributed by atoms with Gasteiger partial charge in [-0.1, -0.05) is 12.1 Å². The summed E-state index contributed by atoms with van der Waals surface area (Å²) in [4.78, 5) is 36.4. The maximum Gasteiger partial charge on any atom is 0.412 e. The fourth-order valence-corrected chi connectivity index (χ4v) is 2.91. The molecular formula is C24H27N5O4. The second kappa shape index (κ2) is 10.4. The topological polar surface area (TPSA) is 114 Å². The van der Waals surface area contributed by atoms with E-state index in [0.717, 1.165) is 5.56 Å². The minimum Gasteiger partial charge on any atom is -0.444 e. The first-order valence-electron chi connectivity index (χ1n) is 10.4. The molecule has 9 heteroatoms. The number of nitrogens with zero attached hydrogens (tertiary/aromatic N) is 2. The molecule has 3 rings (SSSR count). The summed E-state index contributed by atoms with van der Waals surface area (Å²) in [6, 6.07) is 15.5. The van der Waals surface area contributed by atoms with Gasteiger partial charge in [0.2, 0.25) is 5.91 Å². The van der Waals surface area contributed by atoms with Gasteiger partial charge < -0.3 is 15.4 Å². The van der Waals surface area contributed by atoms with E-state index in [4.69, 9.17) is 4.74 Å². The lowest BCUT2D eigenvalue weighted by atomic mass is 10.1. The number of carbonyl (C=O) groups is 3. The van der Waals surface area contributed by atoms with Crippen LogP contribution >= 0.6 is 0 Å². The molecule has 0 fully saturated rings. The molecule has 0 bridgehead atoms. The first-order valence-corrected chi connectivity index (χ1v) is 10.4. The van der Waals surface area contributed by atoms with E-state index in [1.165, 1.54) is 4.68 Å². The maximum atomic E-state index is 12.5. The molecule has 172 valence electrons. The molecule has 0 saturated carbocycles. The average Bonchev–Trinajstić information content (AvgIpc) is 3.24. The van der Waals surface area contributed by atoms with Crippen LogP contribution in [0.4, 0.5) is 16.2 Å². The number of ether oxygens (including phenoxy) is 1. The number of nitrogens with one attached hydrogen (secondary N) is 3. The van der Waals surface area contributed by atoms with Gasteiger partial charge in [0.1, 0.15) is 12.1 Å². The summed E-state index contributed by atoms with van der Waals surface area (Å²) in [6.07, 6.45) is 2.77. The predicted molar refractivity (Wildman–Crippen MR) is 125 cm³/mol. The molecule has 3 N–H and O–H groups in total. The zero-order valence-electron chi connectivity index (χ0n) is 18.8. The largest absolute Gasteiger partial charge is 0.444 e. The Morgan fingerprint density at radius 2 is 1.73 bits per heavy atom. The van der Waals surface area contributed by atoms with Crippen molar-refractivity contribution in [1.82, 2.24) is 15.1 Å². The highest BCUT2D eigenvalue weighted by Crippen LogP contribution is 2.14. The predicted octanol–water partition coefficient (Wildman–Crippen LogP) is 3.80. The van der Waals surface area contributed by atoms with Crippen LogP contribution in [0.25, 0.3) is 0 Å². The fourth-order valence-electron chi connectivity index (χ4n) is 2.91. The minimum atomic E-state index is -0.593. The number of anilines is 2. The van der Waals surface area contributed by atoms with Crippen LogP contribution in [-0.4, -0.2) is 33.3 Å². The molecule has 3 amide bonds. The van der Waals surface area contributed by atoms with E-state index < -0.39 is 11.7 Å². The summed E-state index contributed by atoms with van der Waals surface area (Å²) in [5.41, 5.74) is 1.86. The van der Waals surface area contributed by atoms with Crippen molar-refractivity contribution in [3.05, 3.63) is 78.1 Å². The molecule has 1 aromatic heterocycles. The Morgan fingerprint density at radius 1 is 0.970 bits per heavy atom. The van der Waals surface area contributed by atoms with Crippen molar-refractivity contribution in [1.29, 1.82) is 0 Å². The van der Waals surface area contributed by atoms with Gasteiger partial charge in [0.05, 0.1) is 0 Å². The normalized spacial score (nSPS) is 10.9. The van der Waals surface area contributed by atoms with Crippen molar-refractivity contribution in [2.45, 2.75) is 39.5 Å². The summed E-state index contributed by atoms with van der Waals surface area (Å²) >= 11 is 0. The van der Waals surface area contributed by atoms with E-state index in [1.807, 2.05) is 12.1 Å². The first-order chi connectivity index (χ1) is 15.7. The van der Waals surface area contributed by atoms with Crippen LogP contribution in [0.3, 0.4) is 0 Å².